The molecule has 1 atom stereocenters. The first kappa shape index (κ1) is 13.7. The number of nitrogens with one attached hydrogen (secondary N) is 2. The molecule has 0 aliphatic heterocycles. The maximum absolute atomic E-state index is 3.98. The normalized spacial score (nSPS) is 12.3. The van der Waals surface area contributed by atoms with Crippen molar-refractivity contribution in [2.24, 2.45) is 0 Å². The molecule has 0 amide bonds. The Hall–Kier alpha value is -1.77. The zero-order chi connectivity index (χ0) is 13.5. The number of rotatable bonds is 7. The summed E-state index contributed by atoms with van der Waals surface area (Å²) in [7, 11) is 0. The molecule has 102 valence electrons. The van der Waals surface area contributed by atoms with E-state index in [2.05, 4.69) is 53.6 Å². The molecular weight excluding hydrogens is 234 g/mol. The third-order valence-electron chi connectivity index (χ3n) is 3.39. The second-order valence-corrected chi connectivity index (χ2v) is 5.03. The quantitative estimate of drug-likeness (QED) is 0.725. The van der Waals surface area contributed by atoms with Crippen LogP contribution in [0.4, 0.5) is 5.69 Å². The summed E-state index contributed by atoms with van der Waals surface area (Å²) in [6.07, 6.45) is 6.85. The van der Waals surface area contributed by atoms with Crippen LogP contribution in [-0.4, -0.2) is 10.2 Å². The molecule has 1 heterocycles. The van der Waals surface area contributed by atoms with E-state index < -0.39 is 0 Å². The lowest BCUT2D eigenvalue weighted by molar-refractivity contribution is 0.717. The fourth-order valence-electron chi connectivity index (χ4n) is 2.18. The average Bonchev–Trinajstić information content (AvgIpc) is 2.95. The highest BCUT2D eigenvalue weighted by molar-refractivity contribution is 5.46. The van der Waals surface area contributed by atoms with Gasteiger partial charge >= 0.3 is 0 Å². The molecular formula is C16H23N3. The van der Waals surface area contributed by atoms with Gasteiger partial charge in [-0.05, 0) is 43.5 Å². The molecule has 0 spiro atoms. The predicted octanol–water partition coefficient (Wildman–Crippen LogP) is 4.32. The van der Waals surface area contributed by atoms with Crippen LogP contribution in [-0.2, 0) is 6.42 Å². The number of H-pyrrole nitrogens is 1. The van der Waals surface area contributed by atoms with Crippen molar-refractivity contribution in [3.8, 4) is 0 Å². The van der Waals surface area contributed by atoms with Gasteiger partial charge in [0.05, 0.1) is 11.7 Å². The highest BCUT2D eigenvalue weighted by atomic mass is 15.1. The van der Waals surface area contributed by atoms with Crippen LogP contribution in [0.2, 0.25) is 0 Å². The summed E-state index contributed by atoms with van der Waals surface area (Å²) in [5, 5.41) is 10.4. The highest BCUT2D eigenvalue weighted by Crippen LogP contribution is 2.18. The van der Waals surface area contributed by atoms with Gasteiger partial charge in [-0.2, -0.15) is 5.10 Å². The minimum Gasteiger partial charge on any atom is -0.377 e. The van der Waals surface area contributed by atoms with Crippen LogP contribution in [0.15, 0.2) is 36.5 Å². The summed E-state index contributed by atoms with van der Waals surface area (Å²) in [6.45, 7) is 4.37. The molecule has 1 aromatic heterocycles. The van der Waals surface area contributed by atoms with Gasteiger partial charge in [0, 0.05) is 11.9 Å². The number of nitrogens with zero attached hydrogens (tertiary/aromatic N) is 1. The standard InChI is InChI=1S/C16H23N3/c1-3-4-5-6-14-7-9-15(10-8-14)18-13(2)16-11-12-17-19-16/h7-13,18H,3-6H2,1-2H3,(H,17,19). The van der Waals surface area contributed by atoms with Crippen molar-refractivity contribution in [2.75, 3.05) is 5.32 Å². The lowest BCUT2D eigenvalue weighted by Gasteiger charge is -2.13. The Morgan fingerprint density at radius 1 is 1.16 bits per heavy atom. The number of unbranched alkanes of at least 4 members (excludes halogenated alkanes) is 2. The van der Waals surface area contributed by atoms with E-state index in [9.17, 15) is 0 Å². The molecule has 0 aliphatic rings. The third kappa shape index (κ3) is 4.12. The van der Waals surface area contributed by atoms with Crippen LogP contribution in [0.5, 0.6) is 0 Å². The van der Waals surface area contributed by atoms with Gasteiger partial charge in [-0.1, -0.05) is 31.9 Å². The smallest absolute Gasteiger partial charge is 0.0651 e. The van der Waals surface area contributed by atoms with Gasteiger partial charge < -0.3 is 5.32 Å². The molecule has 2 rings (SSSR count). The summed E-state index contributed by atoms with van der Waals surface area (Å²) in [6, 6.07) is 11.0. The van der Waals surface area contributed by atoms with Gasteiger partial charge in [-0.3, -0.25) is 5.10 Å². The van der Waals surface area contributed by atoms with E-state index >= 15 is 0 Å². The number of anilines is 1. The molecule has 19 heavy (non-hydrogen) atoms. The predicted molar refractivity (Wildman–Crippen MR) is 80.3 cm³/mol. The highest BCUT2D eigenvalue weighted by Gasteiger charge is 2.05. The first-order valence-corrected chi connectivity index (χ1v) is 7.14. The Balaban J connectivity index is 1.88. The van der Waals surface area contributed by atoms with Crippen molar-refractivity contribution in [1.82, 2.24) is 10.2 Å². The van der Waals surface area contributed by atoms with Crippen LogP contribution >= 0.6 is 0 Å². The zero-order valence-electron chi connectivity index (χ0n) is 11.8. The van der Waals surface area contributed by atoms with Crippen molar-refractivity contribution in [2.45, 2.75) is 45.6 Å². The molecule has 1 aromatic carbocycles. The summed E-state index contributed by atoms with van der Waals surface area (Å²) in [5.41, 5.74) is 3.68. The van der Waals surface area contributed by atoms with E-state index in [1.54, 1.807) is 6.20 Å². The van der Waals surface area contributed by atoms with E-state index in [1.165, 1.54) is 31.2 Å². The molecule has 2 aromatic rings. The number of hydrogen-bond donors (Lipinski definition) is 2. The van der Waals surface area contributed by atoms with Crippen LogP contribution in [0.25, 0.3) is 0 Å². The maximum Gasteiger partial charge on any atom is 0.0651 e. The Kier molecular flexibility index (Phi) is 5.01. The Morgan fingerprint density at radius 2 is 1.95 bits per heavy atom. The van der Waals surface area contributed by atoms with E-state index in [0.717, 1.165) is 11.4 Å². The first-order valence-electron chi connectivity index (χ1n) is 7.14. The summed E-state index contributed by atoms with van der Waals surface area (Å²) < 4.78 is 0. The van der Waals surface area contributed by atoms with Crippen molar-refractivity contribution < 1.29 is 0 Å². The minimum absolute atomic E-state index is 0.244. The van der Waals surface area contributed by atoms with Gasteiger partial charge in [-0.15, -0.1) is 0 Å². The molecule has 1 unspecified atom stereocenters. The van der Waals surface area contributed by atoms with E-state index in [0.29, 0.717) is 0 Å². The van der Waals surface area contributed by atoms with Gasteiger partial charge in [0.1, 0.15) is 0 Å². The average molecular weight is 257 g/mol. The number of aromatic amines is 1. The lowest BCUT2D eigenvalue weighted by Crippen LogP contribution is -2.07. The van der Waals surface area contributed by atoms with Crippen LogP contribution in [0.3, 0.4) is 0 Å². The van der Waals surface area contributed by atoms with Crippen LogP contribution in [0.1, 0.15) is 50.4 Å². The third-order valence-corrected chi connectivity index (χ3v) is 3.39. The molecule has 3 nitrogen and oxygen atoms in total. The maximum atomic E-state index is 3.98. The summed E-state index contributed by atoms with van der Waals surface area (Å²) in [5.74, 6) is 0. The largest absolute Gasteiger partial charge is 0.377 e. The number of aryl methyl sites for hydroxylation is 1. The Labute approximate surface area is 115 Å². The van der Waals surface area contributed by atoms with Crippen molar-refractivity contribution in [3.63, 3.8) is 0 Å². The second kappa shape index (κ2) is 6.98. The van der Waals surface area contributed by atoms with Gasteiger partial charge in [0.15, 0.2) is 0 Å². The van der Waals surface area contributed by atoms with Gasteiger partial charge in [-0.25, -0.2) is 0 Å². The van der Waals surface area contributed by atoms with Gasteiger partial charge in [0.2, 0.25) is 0 Å². The molecule has 0 radical (unpaired) electrons. The fourth-order valence-corrected chi connectivity index (χ4v) is 2.18. The topological polar surface area (TPSA) is 40.7 Å². The Bertz CT molecular complexity index is 459. The van der Waals surface area contributed by atoms with Crippen molar-refractivity contribution in [3.05, 3.63) is 47.8 Å². The lowest BCUT2D eigenvalue weighted by atomic mass is 10.1. The number of benzene rings is 1. The molecule has 3 heteroatoms. The van der Waals surface area contributed by atoms with E-state index in [4.69, 9.17) is 0 Å². The van der Waals surface area contributed by atoms with E-state index in [1.807, 2.05) is 6.07 Å². The van der Waals surface area contributed by atoms with E-state index in [-0.39, 0.29) is 6.04 Å². The van der Waals surface area contributed by atoms with Crippen molar-refractivity contribution in [1.29, 1.82) is 0 Å². The molecule has 0 saturated carbocycles. The van der Waals surface area contributed by atoms with Gasteiger partial charge in [0.25, 0.3) is 0 Å². The SMILES string of the molecule is CCCCCc1ccc(NC(C)c2ccn[nH]2)cc1. The first-order chi connectivity index (χ1) is 9.29. The second-order valence-electron chi connectivity index (χ2n) is 5.03. The fraction of sp³-hybridized carbons (Fsp3) is 0.438. The summed E-state index contributed by atoms with van der Waals surface area (Å²) >= 11 is 0. The van der Waals surface area contributed by atoms with Crippen molar-refractivity contribution >= 4 is 5.69 Å². The van der Waals surface area contributed by atoms with Crippen LogP contribution in [0, 0.1) is 0 Å². The number of hydrogen-bond acceptors (Lipinski definition) is 2. The van der Waals surface area contributed by atoms with Crippen LogP contribution < -0.4 is 5.32 Å². The Morgan fingerprint density at radius 3 is 2.58 bits per heavy atom. The number of aromatic nitrogens is 2. The summed E-state index contributed by atoms with van der Waals surface area (Å²) in [4.78, 5) is 0. The molecule has 0 fully saturated rings. The molecule has 0 bridgehead atoms. The molecule has 0 saturated heterocycles. The molecule has 2 N–H and O–H groups in total. The minimum atomic E-state index is 0.244. The molecule has 0 aliphatic carbocycles. The zero-order valence-corrected chi connectivity index (χ0v) is 11.8. The monoisotopic (exact) mass is 257 g/mol.